The molecule has 0 radical (unpaired) electrons. The topological polar surface area (TPSA) is 84.9 Å². The van der Waals surface area contributed by atoms with Crippen molar-refractivity contribution in [2.24, 2.45) is 0 Å². The van der Waals surface area contributed by atoms with Crippen LogP contribution in [0.3, 0.4) is 0 Å². The molecule has 0 bridgehead atoms. The zero-order chi connectivity index (χ0) is 17.0. The van der Waals surface area contributed by atoms with E-state index in [4.69, 9.17) is 21.1 Å². The number of carbonyl (C=O) groups is 2. The highest BCUT2D eigenvalue weighted by Crippen LogP contribution is 2.30. The Kier molecular flexibility index (Phi) is 5.08. The van der Waals surface area contributed by atoms with Crippen LogP contribution in [0.15, 0.2) is 36.4 Å². The smallest absolute Gasteiger partial charge is 0.308 e. The van der Waals surface area contributed by atoms with Crippen LogP contribution in [0.25, 0.3) is 0 Å². The van der Waals surface area contributed by atoms with Gasteiger partial charge in [0.05, 0.1) is 12.8 Å². The Morgan fingerprint density at radius 3 is 2.52 bits per heavy atom. The lowest BCUT2D eigenvalue weighted by molar-refractivity contribution is -0.132. The van der Waals surface area contributed by atoms with E-state index in [1.165, 1.54) is 50.4 Å². The van der Waals surface area contributed by atoms with E-state index < -0.39 is 11.9 Å². The lowest BCUT2D eigenvalue weighted by atomic mass is 10.1. The molecule has 0 fully saturated rings. The number of carbonyl (C=O) groups excluding carboxylic acids is 2. The van der Waals surface area contributed by atoms with Gasteiger partial charge in [0.15, 0.2) is 11.5 Å². The molecule has 7 heteroatoms. The summed E-state index contributed by atoms with van der Waals surface area (Å²) in [6.45, 7) is 1.27. The van der Waals surface area contributed by atoms with Gasteiger partial charge < -0.3 is 19.9 Å². The zero-order valence-electron chi connectivity index (χ0n) is 12.4. The van der Waals surface area contributed by atoms with Gasteiger partial charge in [-0.05, 0) is 36.4 Å². The number of phenols is 1. The van der Waals surface area contributed by atoms with Crippen molar-refractivity contribution in [1.29, 1.82) is 0 Å². The number of anilines is 1. The Labute approximate surface area is 137 Å². The molecule has 2 rings (SSSR count). The maximum atomic E-state index is 12.3. The molecule has 2 N–H and O–H groups in total. The quantitative estimate of drug-likeness (QED) is 0.509. The average Bonchev–Trinajstić information content (AvgIpc) is 2.50. The van der Waals surface area contributed by atoms with Gasteiger partial charge >= 0.3 is 5.97 Å². The number of hydrogen-bond donors (Lipinski definition) is 2. The Morgan fingerprint density at radius 2 is 1.87 bits per heavy atom. The number of aromatic hydroxyl groups is 1. The van der Waals surface area contributed by atoms with E-state index in [0.717, 1.165) is 0 Å². The summed E-state index contributed by atoms with van der Waals surface area (Å²) in [5, 5.41) is 12.6. The van der Waals surface area contributed by atoms with Crippen molar-refractivity contribution >= 4 is 29.2 Å². The van der Waals surface area contributed by atoms with Crippen molar-refractivity contribution in [3.63, 3.8) is 0 Å². The molecule has 0 aliphatic carbocycles. The summed E-state index contributed by atoms with van der Waals surface area (Å²) in [4.78, 5) is 23.3. The summed E-state index contributed by atoms with van der Waals surface area (Å²) >= 11 is 5.83. The van der Waals surface area contributed by atoms with Crippen molar-refractivity contribution in [2.45, 2.75) is 6.92 Å². The van der Waals surface area contributed by atoms with Crippen LogP contribution in [0.4, 0.5) is 5.69 Å². The number of benzene rings is 2. The molecule has 0 heterocycles. The van der Waals surface area contributed by atoms with Crippen LogP contribution < -0.4 is 14.8 Å². The fourth-order valence-corrected chi connectivity index (χ4v) is 2.02. The van der Waals surface area contributed by atoms with Crippen LogP contribution in [0, 0.1) is 0 Å². The van der Waals surface area contributed by atoms with Crippen molar-refractivity contribution in [2.75, 3.05) is 12.4 Å². The minimum absolute atomic E-state index is 0.105. The number of ether oxygens (including phenoxy) is 2. The summed E-state index contributed by atoms with van der Waals surface area (Å²) in [7, 11) is 1.40. The van der Waals surface area contributed by atoms with Gasteiger partial charge in [-0.15, -0.1) is 0 Å². The minimum atomic E-state index is -0.496. The maximum absolute atomic E-state index is 12.3. The number of methoxy groups -OCH3 is 1. The molecule has 0 saturated carbocycles. The zero-order valence-corrected chi connectivity index (χ0v) is 13.2. The third-order valence-electron chi connectivity index (χ3n) is 2.89. The number of esters is 1. The van der Waals surface area contributed by atoms with Crippen molar-refractivity contribution in [1.82, 2.24) is 0 Å². The van der Waals surface area contributed by atoms with Gasteiger partial charge in [-0.3, -0.25) is 9.59 Å². The first-order chi connectivity index (χ1) is 10.9. The molecule has 0 atom stereocenters. The number of phenolic OH excluding ortho intramolecular Hbond substituents is 1. The number of amides is 1. The second-order valence-electron chi connectivity index (χ2n) is 4.57. The molecule has 0 saturated heterocycles. The van der Waals surface area contributed by atoms with Crippen molar-refractivity contribution in [3.05, 3.63) is 47.0 Å². The molecule has 1 amide bonds. The highest BCUT2D eigenvalue weighted by Gasteiger charge is 2.14. The van der Waals surface area contributed by atoms with E-state index in [1.54, 1.807) is 0 Å². The van der Waals surface area contributed by atoms with E-state index in [1.807, 2.05) is 0 Å². The van der Waals surface area contributed by atoms with Crippen LogP contribution in [-0.2, 0) is 4.79 Å². The van der Waals surface area contributed by atoms with Crippen LogP contribution in [0.1, 0.15) is 17.3 Å². The highest BCUT2D eigenvalue weighted by molar-refractivity contribution is 6.31. The lowest BCUT2D eigenvalue weighted by Gasteiger charge is -2.11. The average molecular weight is 336 g/mol. The van der Waals surface area contributed by atoms with Gasteiger partial charge in [0.1, 0.15) is 5.75 Å². The Hall–Kier alpha value is -2.73. The molecule has 2 aromatic carbocycles. The maximum Gasteiger partial charge on any atom is 0.308 e. The molecule has 0 aliphatic heterocycles. The van der Waals surface area contributed by atoms with E-state index in [-0.39, 0.29) is 28.5 Å². The molecule has 23 heavy (non-hydrogen) atoms. The molecular weight excluding hydrogens is 322 g/mol. The fourth-order valence-electron chi connectivity index (χ4n) is 1.85. The first kappa shape index (κ1) is 16.6. The molecule has 2 aromatic rings. The predicted molar refractivity (Wildman–Crippen MR) is 85.4 cm³/mol. The predicted octanol–water partition coefficient (Wildman–Crippen LogP) is 3.23. The second-order valence-corrected chi connectivity index (χ2v) is 5.01. The molecule has 120 valence electrons. The Morgan fingerprint density at radius 1 is 1.13 bits per heavy atom. The van der Waals surface area contributed by atoms with Gasteiger partial charge in [0.25, 0.3) is 5.91 Å². The van der Waals surface area contributed by atoms with E-state index in [2.05, 4.69) is 5.32 Å². The summed E-state index contributed by atoms with van der Waals surface area (Å²) in [5.74, 6) is -0.629. The number of nitrogens with one attached hydrogen (secondary N) is 1. The van der Waals surface area contributed by atoms with Gasteiger partial charge in [-0.25, -0.2) is 0 Å². The minimum Gasteiger partial charge on any atom is -0.506 e. The monoisotopic (exact) mass is 335 g/mol. The van der Waals surface area contributed by atoms with Crippen molar-refractivity contribution < 1.29 is 24.2 Å². The van der Waals surface area contributed by atoms with E-state index in [9.17, 15) is 14.7 Å². The van der Waals surface area contributed by atoms with E-state index >= 15 is 0 Å². The Balaban J connectivity index is 2.25. The van der Waals surface area contributed by atoms with Crippen LogP contribution in [-0.4, -0.2) is 24.1 Å². The SMILES string of the molecule is COc1cc(C(=O)Nc2cc(Cl)ccc2O)ccc1OC(C)=O. The third kappa shape index (κ3) is 4.14. The Bertz CT molecular complexity index is 760. The number of halogens is 1. The first-order valence-corrected chi connectivity index (χ1v) is 6.95. The normalized spacial score (nSPS) is 10.0. The van der Waals surface area contributed by atoms with Gasteiger partial charge in [-0.1, -0.05) is 11.6 Å². The van der Waals surface area contributed by atoms with Crippen LogP contribution in [0.5, 0.6) is 17.2 Å². The molecule has 0 spiro atoms. The van der Waals surface area contributed by atoms with Crippen LogP contribution in [0.2, 0.25) is 5.02 Å². The lowest BCUT2D eigenvalue weighted by Crippen LogP contribution is -2.12. The summed E-state index contributed by atoms with van der Waals surface area (Å²) in [6.07, 6.45) is 0. The molecule has 0 aromatic heterocycles. The number of rotatable bonds is 4. The highest BCUT2D eigenvalue weighted by atomic mass is 35.5. The van der Waals surface area contributed by atoms with Crippen LogP contribution >= 0.6 is 11.6 Å². The summed E-state index contributed by atoms with van der Waals surface area (Å²) < 4.78 is 10.1. The van der Waals surface area contributed by atoms with E-state index in [0.29, 0.717) is 5.02 Å². The van der Waals surface area contributed by atoms with Gasteiger partial charge in [0, 0.05) is 17.5 Å². The summed E-state index contributed by atoms with van der Waals surface area (Å²) in [6, 6.07) is 8.66. The summed E-state index contributed by atoms with van der Waals surface area (Å²) in [5.41, 5.74) is 0.447. The molecule has 6 nitrogen and oxygen atoms in total. The first-order valence-electron chi connectivity index (χ1n) is 6.57. The number of hydrogen-bond acceptors (Lipinski definition) is 5. The fraction of sp³-hybridized carbons (Fsp3) is 0.125. The third-order valence-corrected chi connectivity index (χ3v) is 3.12. The molecular formula is C16H14ClNO5. The standard InChI is InChI=1S/C16H14ClNO5/c1-9(19)23-14-6-3-10(7-15(14)22-2)16(21)18-12-8-11(17)4-5-13(12)20/h3-8,20H,1-2H3,(H,18,21). The van der Waals surface area contributed by atoms with Gasteiger partial charge in [-0.2, -0.15) is 0 Å². The largest absolute Gasteiger partial charge is 0.506 e. The van der Waals surface area contributed by atoms with Crippen molar-refractivity contribution in [3.8, 4) is 17.2 Å². The molecule has 0 aliphatic rings. The van der Waals surface area contributed by atoms with Gasteiger partial charge in [0.2, 0.25) is 0 Å². The second kappa shape index (κ2) is 7.02. The molecule has 0 unspecified atom stereocenters.